The Hall–Kier alpha value is -2.30. The third kappa shape index (κ3) is 8.66. The summed E-state index contributed by atoms with van der Waals surface area (Å²) in [4.78, 5) is 17.5. The average Bonchev–Trinajstić information content (AvgIpc) is 2.53. The molecule has 0 aliphatic rings. The Balaban J connectivity index is 2.43. The summed E-state index contributed by atoms with van der Waals surface area (Å²) in [6, 6.07) is 10.4. The van der Waals surface area contributed by atoms with Gasteiger partial charge >= 0.3 is 0 Å². The predicted octanol–water partition coefficient (Wildman–Crippen LogP) is 1.82. The van der Waals surface area contributed by atoms with Gasteiger partial charge in [0.25, 0.3) is 0 Å². The van der Waals surface area contributed by atoms with Gasteiger partial charge in [-0.05, 0) is 25.3 Å². The molecule has 1 aromatic carbocycles. The summed E-state index contributed by atoms with van der Waals surface area (Å²) >= 11 is 0. The number of aryl methyl sites for hydroxylation is 1. The molecule has 0 radical (unpaired) electrons. The van der Waals surface area contributed by atoms with Crippen LogP contribution in [0.3, 0.4) is 0 Å². The molecule has 2 N–H and O–H groups in total. The van der Waals surface area contributed by atoms with Crippen LogP contribution in [0.5, 0.6) is 0 Å². The molecule has 126 valence electrons. The van der Waals surface area contributed by atoms with E-state index < -0.39 is 0 Å². The Morgan fingerprint density at radius 2 is 1.91 bits per heavy atom. The van der Waals surface area contributed by atoms with Crippen LogP contribution in [0.2, 0.25) is 0 Å². The number of amides is 1. The third-order valence-corrected chi connectivity index (χ3v) is 3.21. The van der Waals surface area contributed by atoms with Gasteiger partial charge in [-0.15, -0.1) is 0 Å². The van der Waals surface area contributed by atoms with Crippen molar-refractivity contribution >= 4 is 11.9 Å². The molecule has 1 rings (SSSR count). The van der Waals surface area contributed by atoms with Gasteiger partial charge in [-0.25, -0.2) is 4.99 Å². The van der Waals surface area contributed by atoms with Crippen LogP contribution in [-0.2, 0) is 11.2 Å². The van der Waals surface area contributed by atoms with Crippen molar-refractivity contribution in [1.29, 1.82) is 0 Å². The van der Waals surface area contributed by atoms with E-state index in [1.807, 2.05) is 13.0 Å². The van der Waals surface area contributed by atoms with E-state index in [1.165, 1.54) is 10.5 Å². The number of nitrogens with one attached hydrogen (secondary N) is 2. The number of rotatable bonds is 8. The Bertz CT molecular complexity index is 523. The van der Waals surface area contributed by atoms with Crippen LogP contribution < -0.4 is 10.6 Å². The van der Waals surface area contributed by atoms with E-state index in [0.717, 1.165) is 25.0 Å². The SMILES string of the molecule is C=C(C)CNC(=NCC(=O)N(C)C)NCCCc1ccccc1. The molecular formula is C18H28N4O. The van der Waals surface area contributed by atoms with Gasteiger partial charge in [0.15, 0.2) is 5.96 Å². The van der Waals surface area contributed by atoms with Crippen LogP contribution in [0.15, 0.2) is 47.5 Å². The predicted molar refractivity (Wildman–Crippen MR) is 96.6 cm³/mol. The normalized spacial score (nSPS) is 11.0. The van der Waals surface area contributed by atoms with Crippen molar-refractivity contribution in [3.63, 3.8) is 0 Å². The molecule has 1 aromatic rings. The topological polar surface area (TPSA) is 56.7 Å². The molecule has 23 heavy (non-hydrogen) atoms. The number of carbonyl (C=O) groups excluding carboxylic acids is 1. The Morgan fingerprint density at radius 1 is 1.22 bits per heavy atom. The van der Waals surface area contributed by atoms with E-state index in [1.54, 1.807) is 14.1 Å². The van der Waals surface area contributed by atoms with Crippen LogP contribution >= 0.6 is 0 Å². The van der Waals surface area contributed by atoms with Crippen molar-refractivity contribution in [1.82, 2.24) is 15.5 Å². The number of likely N-dealkylation sites (N-methyl/N-ethyl adjacent to an activating group) is 1. The van der Waals surface area contributed by atoms with Crippen molar-refractivity contribution in [3.05, 3.63) is 48.0 Å². The highest BCUT2D eigenvalue weighted by Crippen LogP contribution is 2.01. The zero-order valence-electron chi connectivity index (χ0n) is 14.4. The molecule has 0 aliphatic heterocycles. The largest absolute Gasteiger partial charge is 0.356 e. The minimum atomic E-state index is -0.0225. The number of benzene rings is 1. The minimum absolute atomic E-state index is 0.0225. The number of guanidine groups is 1. The maximum Gasteiger partial charge on any atom is 0.243 e. The molecule has 0 aromatic heterocycles. The van der Waals surface area contributed by atoms with Gasteiger partial charge in [0.2, 0.25) is 5.91 Å². The lowest BCUT2D eigenvalue weighted by Gasteiger charge is -2.13. The highest BCUT2D eigenvalue weighted by atomic mass is 16.2. The van der Waals surface area contributed by atoms with Gasteiger partial charge in [-0.1, -0.05) is 42.5 Å². The third-order valence-electron chi connectivity index (χ3n) is 3.21. The van der Waals surface area contributed by atoms with Crippen molar-refractivity contribution in [2.24, 2.45) is 4.99 Å². The molecule has 1 amide bonds. The molecule has 5 nitrogen and oxygen atoms in total. The molecule has 0 saturated heterocycles. The Morgan fingerprint density at radius 3 is 2.52 bits per heavy atom. The summed E-state index contributed by atoms with van der Waals surface area (Å²) in [5, 5.41) is 6.45. The lowest BCUT2D eigenvalue weighted by molar-refractivity contribution is -0.127. The molecule has 0 bridgehead atoms. The molecule has 0 heterocycles. The summed E-state index contributed by atoms with van der Waals surface area (Å²) in [5.41, 5.74) is 2.34. The molecule has 0 fully saturated rings. The fourth-order valence-corrected chi connectivity index (χ4v) is 1.84. The molecular weight excluding hydrogens is 288 g/mol. The first-order valence-corrected chi connectivity index (χ1v) is 7.89. The molecule has 0 spiro atoms. The summed E-state index contributed by atoms with van der Waals surface area (Å²) < 4.78 is 0. The Labute approximate surface area is 139 Å². The second kappa shape index (κ2) is 10.4. The van der Waals surface area contributed by atoms with Gasteiger partial charge in [0.1, 0.15) is 6.54 Å². The van der Waals surface area contributed by atoms with Crippen LogP contribution in [-0.4, -0.2) is 50.5 Å². The molecule has 5 heteroatoms. The van der Waals surface area contributed by atoms with E-state index in [9.17, 15) is 4.79 Å². The fourth-order valence-electron chi connectivity index (χ4n) is 1.84. The first-order chi connectivity index (χ1) is 11.0. The van der Waals surface area contributed by atoms with Gasteiger partial charge in [0, 0.05) is 27.2 Å². The summed E-state index contributed by atoms with van der Waals surface area (Å²) in [7, 11) is 3.46. The second-order valence-electron chi connectivity index (χ2n) is 5.78. The van der Waals surface area contributed by atoms with Crippen molar-refractivity contribution < 1.29 is 4.79 Å². The van der Waals surface area contributed by atoms with Gasteiger partial charge in [0.05, 0.1) is 0 Å². The molecule has 0 unspecified atom stereocenters. The second-order valence-corrected chi connectivity index (χ2v) is 5.78. The van der Waals surface area contributed by atoms with E-state index in [2.05, 4.69) is 46.5 Å². The number of nitrogens with zero attached hydrogens (tertiary/aromatic N) is 2. The lowest BCUT2D eigenvalue weighted by atomic mass is 10.1. The Kier molecular flexibility index (Phi) is 8.50. The monoisotopic (exact) mass is 316 g/mol. The highest BCUT2D eigenvalue weighted by molar-refractivity contribution is 5.84. The summed E-state index contributed by atoms with van der Waals surface area (Å²) in [5.74, 6) is 0.627. The maximum atomic E-state index is 11.6. The van der Waals surface area contributed by atoms with Crippen molar-refractivity contribution in [3.8, 4) is 0 Å². The van der Waals surface area contributed by atoms with Crippen LogP contribution in [0.25, 0.3) is 0 Å². The zero-order chi connectivity index (χ0) is 17.1. The summed E-state index contributed by atoms with van der Waals surface area (Å²) in [6.45, 7) is 7.39. The van der Waals surface area contributed by atoms with E-state index in [4.69, 9.17) is 0 Å². The quantitative estimate of drug-likeness (QED) is 0.333. The zero-order valence-corrected chi connectivity index (χ0v) is 14.4. The number of aliphatic imine (C=N–C) groups is 1. The summed E-state index contributed by atoms with van der Waals surface area (Å²) in [6.07, 6.45) is 2.01. The standard InChI is InChI=1S/C18H28N4O/c1-15(2)13-20-18(21-14-17(23)22(3)4)19-12-8-11-16-9-6-5-7-10-16/h5-7,9-10H,1,8,11-14H2,2-4H3,(H2,19,20,21). The molecule has 0 aliphatic carbocycles. The minimum Gasteiger partial charge on any atom is -0.356 e. The van der Waals surface area contributed by atoms with Crippen molar-refractivity contribution in [2.45, 2.75) is 19.8 Å². The number of carbonyl (C=O) groups is 1. The van der Waals surface area contributed by atoms with Gasteiger partial charge < -0.3 is 15.5 Å². The average molecular weight is 316 g/mol. The maximum absolute atomic E-state index is 11.6. The van der Waals surface area contributed by atoms with Crippen LogP contribution in [0, 0.1) is 0 Å². The van der Waals surface area contributed by atoms with Gasteiger partial charge in [-0.2, -0.15) is 0 Å². The highest BCUT2D eigenvalue weighted by Gasteiger charge is 2.04. The smallest absolute Gasteiger partial charge is 0.243 e. The lowest BCUT2D eigenvalue weighted by Crippen LogP contribution is -2.39. The number of hydrogen-bond donors (Lipinski definition) is 2. The molecule has 0 atom stereocenters. The first-order valence-electron chi connectivity index (χ1n) is 7.89. The van der Waals surface area contributed by atoms with Crippen LogP contribution in [0.1, 0.15) is 18.9 Å². The number of hydrogen-bond acceptors (Lipinski definition) is 2. The molecule has 0 saturated carbocycles. The van der Waals surface area contributed by atoms with E-state index in [0.29, 0.717) is 12.5 Å². The van der Waals surface area contributed by atoms with E-state index >= 15 is 0 Å². The van der Waals surface area contributed by atoms with Crippen LogP contribution in [0.4, 0.5) is 0 Å². The van der Waals surface area contributed by atoms with E-state index in [-0.39, 0.29) is 12.5 Å². The van der Waals surface area contributed by atoms with Crippen molar-refractivity contribution in [2.75, 3.05) is 33.7 Å². The fraction of sp³-hybridized carbons (Fsp3) is 0.444. The first kappa shape index (κ1) is 18.7. The van der Waals surface area contributed by atoms with Gasteiger partial charge in [-0.3, -0.25) is 4.79 Å².